The number of hydrogen-bond donors (Lipinski definition) is 1. The summed E-state index contributed by atoms with van der Waals surface area (Å²) in [5.41, 5.74) is 1.04. The number of amidine groups is 1. The Morgan fingerprint density at radius 2 is 1.94 bits per heavy atom. The van der Waals surface area contributed by atoms with Gasteiger partial charge in [-0.2, -0.15) is 0 Å². The second kappa shape index (κ2) is 16.9. The maximum Gasteiger partial charge on any atom is 0.288 e. The van der Waals surface area contributed by atoms with Crippen molar-refractivity contribution >= 4 is 55.0 Å². The molecule has 12 heteroatoms. The van der Waals surface area contributed by atoms with Crippen LogP contribution >= 0.6 is 27.3 Å². The van der Waals surface area contributed by atoms with Gasteiger partial charge in [0.25, 0.3) is 6.02 Å². The van der Waals surface area contributed by atoms with Crippen LogP contribution < -0.4 is 4.72 Å². The van der Waals surface area contributed by atoms with Crippen molar-refractivity contribution in [1.82, 2.24) is 14.5 Å². The number of thiophene rings is 1. The molecule has 0 unspecified atom stereocenters. The van der Waals surface area contributed by atoms with Gasteiger partial charge in [-0.25, -0.2) is 18.1 Å². The number of ether oxygens (including phenoxy) is 1. The van der Waals surface area contributed by atoms with E-state index in [0.29, 0.717) is 63.8 Å². The number of nitrogens with zero attached hydrogens (tertiary/aromatic N) is 3. The number of benzene rings is 1. The number of unbranched alkanes of at least 4 members (excludes halogenated alkanes) is 1. The van der Waals surface area contributed by atoms with Crippen LogP contribution in [-0.2, 0) is 30.8 Å². The summed E-state index contributed by atoms with van der Waals surface area (Å²) in [6.45, 7) is 3.76. The molecule has 1 N–H and O–H groups in total. The normalized spacial score (nSPS) is 23.0. The van der Waals surface area contributed by atoms with Crippen LogP contribution in [0.3, 0.4) is 0 Å². The molecule has 1 amide bonds. The lowest BCUT2D eigenvalue weighted by Gasteiger charge is -2.42. The predicted octanol–water partition coefficient (Wildman–Crippen LogP) is 6.35. The highest BCUT2D eigenvalue weighted by Gasteiger charge is 2.41. The van der Waals surface area contributed by atoms with Crippen LogP contribution in [0.25, 0.3) is 0 Å². The molecule has 0 bridgehead atoms. The highest BCUT2D eigenvalue weighted by atomic mass is 79.9. The van der Waals surface area contributed by atoms with Gasteiger partial charge in [-0.05, 0) is 67.7 Å². The van der Waals surface area contributed by atoms with Crippen LogP contribution in [0.1, 0.15) is 87.7 Å². The molecule has 9 nitrogen and oxygen atoms in total. The largest absolute Gasteiger partial charge is 0.455 e. The Morgan fingerprint density at radius 1 is 1.13 bits per heavy atom. The van der Waals surface area contributed by atoms with E-state index in [1.54, 1.807) is 11.3 Å². The van der Waals surface area contributed by atoms with Crippen molar-refractivity contribution in [3.63, 3.8) is 0 Å². The van der Waals surface area contributed by atoms with Crippen molar-refractivity contribution in [1.29, 1.82) is 0 Å². The van der Waals surface area contributed by atoms with Crippen LogP contribution in [0.15, 0.2) is 51.2 Å². The maximum atomic E-state index is 14.5. The average molecular weight is 750 g/mol. The SMILES string of the molecule is C[C@@H]1N=C(N2CCN(C(=O)[C@@H](CCCCNS(C)(=O)=O)CC3CCCCC3)[C@H](C(=O)CCc3cccs3)C2)O[C@H]1c1cccc(Br)c1. The lowest BCUT2D eigenvalue weighted by molar-refractivity contribution is -0.146. The summed E-state index contributed by atoms with van der Waals surface area (Å²) in [5.74, 6) is 0.464. The third-order valence-corrected chi connectivity index (χ3v) is 11.9. The van der Waals surface area contributed by atoms with Crippen LogP contribution in [0.2, 0.25) is 0 Å². The molecule has 5 rings (SSSR count). The molecule has 0 radical (unpaired) electrons. The lowest BCUT2D eigenvalue weighted by atomic mass is 9.80. The van der Waals surface area contributed by atoms with Crippen LogP contribution in [-0.4, -0.2) is 80.4 Å². The molecular formula is C35H49BrN4O5S2. The molecule has 4 atom stereocenters. The lowest BCUT2D eigenvalue weighted by Crippen LogP contribution is -2.60. The molecule has 1 saturated heterocycles. The number of rotatable bonds is 14. The third kappa shape index (κ3) is 10.4. The molecule has 3 heterocycles. The van der Waals surface area contributed by atoms with Crippen molar-refractivity contribution in [2.24, 2.45) is 16.8 Å². The van der Waals surface area contributed by atoms with E-state index in [-0.39, 0.29) is 29.8 Å². The molecule has 2 aromatic rings. The van der Waals surface area contributed by atoms with Gasteiger partial charge in [-0.15, -0.1) is 11.3 Å². The summed E-state index contributed by atoms with van der Waals surface area (Å²) in [6, 6.07) is 12.0. The fourth-order valence-electron chi connectivity index (χ4n) is 7.21. The number of amides is 1. The van der Waals surface area contributed by atoms with Crippen molar-refractivity contribution < 1.29 is 22.7 Å². The van der Waals surface area contributed by atoms with Gasteiger partial charge in [0.2, 0.25) is 15.9 Å². The number of ketones is 1. The Morgan fingerprint density at radius 3 is 2.66 bits per heavy atom. The summed E-state index contributed by atoms with van der Waals surface area (Å²) < 4.78 is 33.1. The average Bonchev–Trinajstić information content (AvgIpc) is 3.72. The number of Topliss-reactive ketones (excluding diaryl/α,β-unsaturated/α-hetero) is 1. The van der Waals surface area contributed by atoms with E-state index < -0.39 is 16.1 Å². The van der Waals surface area contributed by atoms with Gasteiger partial charge in [0.15, 0.2) is 5.78 Å². The first-order valence-corrected chi connectivity index (χ1v) is 20.7. The van der Waals surface area contributed by atoms with E-state index in [9.17, 15) is 18.0 Å². The number of aryl methyl sites for hydroxylation is 1. The molecule has 1 saturated carbocycles. The van der Waals surface area contributed by atoms with Crippen molar-refractivity contribution in [2.75, 3.05) is 32.4 Å². The quantitative estimate of drug-likeness (QED) is 0.226. The van der Waals surface area contributed by atoms with Crippen LogP contribution in [0.5, 0.6) is 0 Å². The smallest absolute Gasteiger partial charge is 0.288 e. The Hall–Kier alpha value is -2.28. The number of sulfonamides is 1. The first-order chi connectivity index (χ1) is 22.6. The standard InChI is InChI=1S/C35H49BrN4O5S2/c1-25-33(27-13-8-14-29(36)23-27)45-35(38-25)39-19-20-40(31(24-39)32(41)17-16-30-15-9-21-46-30)34(42)28(22-26-10-4-3-5-11-26)12-6-7-18-37-47(2,43)44/h8-9,13-15,21,23,25-26,28,31,33,37H,3-7,10-12,16-20,22,24H2,1-2H3/t25-,28-,31-,33+/m0/s1. The number of aliphatic imine (C=N–C) groups is 1. The van der Waals surface area contributed by atoms with Crippen LogP contribution in [0.4, 0.5) is 0 Å². The van der Waals surface area contributed by atoms with Crippen molar-refractivity contribution in [3.8, 4) is 0 Å². The summed E-state index contributed by atoms with van der Waals surface area (Å²) >= 11 is 5.21. The molecule has 2 fully saturated rings. The molecule has 0 spiro atoms. The Balaban J connectivity index is 1.31. The third-order valence-electron chi connectivity index (χ3n) is 9.70. The summed E-state index contributed by atoms with van der Waals surface area (Å²) in [5, 5.41) is 2.03. The molecule has 1 aromatic heterocycles. The first-order valence-electron chi connectivity index (χ1n) is 17.1. The number of carbonyl (C=O) groups excluding carboxylic acids is 2. The van der Waals surface area contributed by atoms with E-state index in [1.807, 2.05) is 41.5 Å². The monoisotopic (exact) mass is 748 g/mol. The van der Waals surface area contributed by atoms with E-state index in [2.05, 4.69) is 37.7 Å². The molecule has 1 aliphatic carbocycles. The van der Waals surface area contributed by atoms with Gasteiger partial charge in [-0.1, -0.05) is 72.7 Å². The zero-order valence-electron chi connectivity index (χ0n) is 27.6. The van der Waals surface area contributed by atoms with Crippen molar-refractivity contribution in [2.45, 2.75) is 95.7 Å². The molecule has 2 aliphatic heterocycles. The highest BCUT2D eigenvalue weighted by molar-refractivity contribution is 9.10. The fourth-order valence-corrected chi connectivity index (χ4v) is 8.85. The summed E-state index contributed by atoms with van der Waals surface area (Å²) in [7, 11) is -3.25. The summed E-state index contributed by atoms with van der Waals surface area (Å²) in [4.78, 5) is 38.4. The molecular weight excluding hydrogens is 700 g/mol. The number of halogens is 1. The van der Waals surface area contributed by atoms with Crippen LogP contribution in [0, 0.1) is 11.8 Å². The maximum absolute atomic E-state index is 14.5. The molecule has 47 heavy (non-hydrogen) atoms. The number of carbonyl (C=O) groups is 2. The minimum absolute atomic E-state index is 0.0652. The highest BCUT2D eigenvalue weighted by Crippen LogP contribution is 2.34. The summed E-state index contributed by atoms with van der Waals surface area (Å²) in [6.07, 6.45) is 10.9. The van der Waals surface area contributed by atoms with Crippen molar-refractivity contribution in [3.05, 3.63) is 56.7 Å². The Kier molecular flexibility index (Phi) is 12.9. The fraction of sp³-hybridized carbons (Fsp3) is 0.629. The van der Waals surface area contributed by atoms with Gasteiger partial charge in [0.05, 0.1) is 12.3 Å². The van der Waals surface area contributed by atoms with E-state index in [4.69, 9.17) is 9.73 Å². The van der Waals surface area contributed by atoms with Gasteiger partial charge in [0.1, 0.15) is 12.1 Å². The minimum atomic E-state index is -3.25. The molecule has 258 valence electrons. The molecule has 3 aliphatic rings. The van der Waals surface area contributed by atoms with Gasteiger partial charge < -0.3 is 14.5 Å². The zero-order chi connectivity index (χ0) is 33.4. The van der Waals surface area contributed by atoms with Gasteiger partial charge in [-0.3, -0.25) is 9.59 Å². The van der Waals surface area contributed by atoms with E-state index in [0.717, 1.165) is 40.6 Å². The van der Waals surface area contributed by atoms with E-state index in [1.165, 1.54) is 25.5 Å². The Bertz CT molecular complexity index is 1480. The number of piperazine rings is 1. The topological polar surface area (TPSA) is 108 Å². The van der Waals surface area contributed by atoms with Gasteiger partial charge in [0, 0.05) is 47.9 Å². The first kappa shape index (κ1) is 36.0. The number of nitrogens with one attached hydrogen (secondary N) is 1. The predicted molar refractivity (Wildman–Crippen MR) is 191 cm³/mol. The van der Waals surface area contributed by atoms with Gasteiger partial charge >= 0.3 is 0 Å². The minimum Gasteiger partial charge on any atom is -0.455 e. The Labute approximate surface area is 292 Å². The number of hydrogen-bond acceptors (Lipinski definition) is 8. The second-order valence-electron chi connectivity index (χ2n) is 13.4. The van der Waals surface area contributed by atoms with E-state index >= 15 is 0 Å². The molecule has 1 aromatic carbocycles. The zero-order valence-corrected chi connectivity index (χ0v) is 30.8. The second-order valence-corrected chi connectivity index (χ2v) is 17.2.